The Morgan fingerprint density at radius 2 is 1.55 bits per heavy atom. The maximum atomic E-state index is 13.4. The van der Waals surface area contributed by atoms with Crippen molar-refractivity contribution in [2.45, 2.75) is 0 Å². The lowest BCUT2D eigenvalue weighted by atomic mass is 10.1. The zero-order valence-electron chi connectivity index (χ0n) is 15.2. The van der Waals surface area contributed by atoms with E-state index in [0.717, 1.165) is 5.56 Å². The Morgan fingerprint density at radius 1 is 0.897 bits per heavy atom. The third-order valence-corrected chi connectivity index (χ3v) is 4.56. The molecule has 0 bridgehead atoms. The van der Waals surface area contributed by atoms with Gasteiger partial charge in [0.1, 0.15) is 5.82 Å². The number of benzene rings is 3. The molecule has 3 aromatic carbocycles. The number of nitro benzene ring substituents is 1. The second kappa shape index (κ2) is 7.52. The largest absolute Gasteiger partial charge is 0.276 e. The summed E-state index contributed by atoms with van der Waals surface area (Å²) in [6.07, 6.45) is 3.45. The van der Waals surface area contributed by atoms with Gasteiger partial charge in [0.25, 0.3) is 11.6 Å². The van der Waals surface area contributed by atoms with Gasteiger partial charge in [-0.25, -0.2) is 4.39 Å². The molecule has 29 heavy (non-hydrogen) atoms. The summed E-state index contributed by atoms with van der Waals surface area (Å²) in [7, 11) is 0. The van der Waals surface area contributed by atoms with Crippen molar-refractivity contribution in [2.75, 3.05) is 4.90 Å². The number of hydrogen-bond acceptors (Lipinski definition) is 3. The minimum Gasteiger partial charge on any atom is -0.276 e. The Kier molecular flexibility index (Phi) is 4.75. The fraction of sp³-hybridized carbons (Fsp3) is 0. The van der Waals surface area contributed by atoms with Crippen molar-refractivity contribution >= 4 is 29.1 Å². The molecule has 0 fully saturated rings. The maximum Gasteiger partial charge on any atom is 0.269 e. The molecule has 0 N–H and O–H groups in total. The molecule has 0 radical (unpaired) electrons. The number of nitrogens with zero attached hydrogens (tertiary/aromatic N) is 2. The average Bonchev–Trinajstić information content (AvgIpc) is 3.06. The van der Waals surface area contributed by atoms with E-state index in [-0.39, 0.29) is 17.4 Å². The molecule has 1 aliphatic rings. The van der Waals surface area contributed by atoms with E-state index in [0.29, 0.717) is 22.5 Å². The van der Waals surface area contributed by atoms with E-state index in [2.05, 4.69) is 0 Å². The molecule has 1 aliphatic heterocycles. The quantitative estimate of drug-likeness (QED) is 0.351. The van der Waals surface area contributed by atoms with Crippen molar-refractivity contribution in [1.29, 1.82) is 0 Å². The second-order valence-corrected chi connectivity index (χ2v) is 6.46. The first-order chi connectivity index (χ1) is 14.0. The number of anilines is 1. The highest BCUT2D eigenvalue weighted by molar-refractivity contribution is 6.23. The van der Waals surface area contributed by atoms with Crippen LogP contribution in [0.2, 0.25) is 0 Å². The molecule has 1 heterocycles. The molecular formula is C23H15FN2O3. The van der Waals surface area contributed by atoms with E-state index < -0.39 is 4.92 Å². The lowest BCUT2D eigenvalue weighted by Gasteiger charge is -2.20. The number of non-ortho nitro benzene ring substituents is 1. The normalized spacial score (nSPS) is 14.9. The van der Waals surface area contributed by atoms with Gasteiger partial charge in [0.15, 0.2) is 0 Å². The Hall–Kier alpha value is -4.06. The SMILES string of the molecule is O=C1C(=Cc2ccc([N+](=O)[O-])cc2)C=C(c2ccccc2)N1c1ccc(F)cc1. The van der Waals surface area contributed by atoms with Gasteiger partial charge >= 0.3 is 0 Å². The van der Waals surface area contributed by atoms with Crippen LogP contribution in [0, 0.1) is 15.9 Å². The molecule has 5 nitrogen and oxygen atoms in total. The first kappa shape index (κ1) is 18.3. The van der Waals surface area contributed by atoms with Gasteiger partial charge in [-0.1, -0.05) is 30.3 Å². The molecule has 0 spiro atoms. The summed E-state index contributed by atoms with van der Waals surface area (Å²) in [6, 6.07) is 21.1. The zero-order valence-corrected chi connectivity index (χ0v) is 15.2. The van der Waals surface area contributed by atoms with Crippen molar-refractivity contribution in [3.05, 3.63) is 118 Å². The second-order valence-electron chi connectivity index (χ2n) is 6.46. The summed E-state index contributed by atoms with van der Waals surface area (Å²) in [5.74, 6) is -0.638. The molecule has 6 heteroatoms. The zero-order chi connectivity index (χ0) is 20.4. The van der Waals surface area contributed by atoms with Crippen LogP contribution >= 0.6 is 0 Å². The Balaban J connectivity index is 1.77. The topological polar surface area (TPSA) is 63.4 Å². The molecule has 0 unspecified atom stereocenters. The third kappa shape index (κ3) is 3.68. The van der Waals surface area contributed by atoms with Crippen molar-refractivity contribution in [1.82, 2.24) is 0 Å². The lowest BCUT2D eigenvalue weighted by Crippen LogP contribution is -2.24. The van der Waals surface area contributed by atoms with E-state index >= 15 is 0 Å². The van der Waals surface area contributed by atoms with Gasteiger partial charge in [-0.3, -0.25) is 19.8 Å². The van der Waals surface area contributed by atoms with E-state index in [1.807, 2.05) is 30.3 Å². The summed E-state index contributed by atoms with van der Waals surface area (Å²) >= 11 is 0. The van der Waals surface area contributed by atoms with Crippen LogP contribution in [0.3, 0.4) is 0 Å². The minimum absolute atomic E-state index is 0.0154. The maximum absolute atomic E-state index is 13.4. The summed E-state index contributed by atoms with van der Waals surface area (Å²) in [5.41, 5.74) is 3.16. The molecule has 1 amide bonds. The Labute approximate surface area is 166 Å². The van der Waals surface area contributed by atoms with E-state index in [9.17, 15) is 19.3 Å². The molecule has 0 saturated heterocycles. The summed E-state index contributed by atoms with van der Waals surface area (Å²) < 4.78 is 13.4. The van der Waals surface area contributed by atoms with E-state index in [1.54, 1.807) is 36.4 Å². The summed E-state index contributed by atoms with van der Waals surface area (Å²) in [5, 5.41) is 10.8. The fourth-order valence-corrected chi connectivity index (χ4v) is 3.16. The van der Waals surface area contributed by atoms with Crippen LogP contribution in [-0.4, -0.2) is 10.8 Å². The van der Waals surface area contributed by atoms with Crippen molar-refractivity contribution in [3.63, 3.8) is 0 Å². The van der Waals surface area contributed by atoms with Gasteiger partial charge in [0, 0.05) is 23.4 Å². The number of amides is 1. The standard InChI is InChI=1S/C23H15FN2O3/c24-19-8-12-20(13-9-19)25-22(17-4-2-1-3-5-17)15-18(23(25)27)14-16-6-10-21(11-7-16)26(28)29/h1-15H. The van der Waals surface area contributed by atoms with Gasteiger partial charge < -0.3 is 0 Å². The molecule has 0 aliphatic carbocycles. The van der Waals surface area contributed by atoms with Crippen LogP contribution in [0.5, 0.6) is 0 Å². The van der Waals surface area contributed by atoms with Crippen molar-refractivity contribution in [3.8, 4) is 0 Å². The number of nitro groups is 1. The highest BCUT2D eigenvalue weighted by atomic mass is 19.1. The molecule has 0 saturated carbocycles. The van der Waals surface area contributed by atoms with Gasteiger partial charge in [0.05, 0.1) is 10.6 Å². The monoisotopic (exact) mass is 386 g/mol. The fourth-order valence-electron chi connectivity index (χ4n) is 3.16. The highest BCUT2D eigenvalue weighted by Crippen LogP contribution is 2.35. The van der Waals surface area contributed by atoms with Crippen LogP contribution in [0.1, 0.15) is 11.1 Å². The molecular weight excluding hydrogens is 371 g/mol. The van der Waals surface area contributed by atoms with Gasteiger partial charge in [-0.05, 0) is 59.7 Å². The third-order valence-electron chi connectivity index (χ3n) is 4.56. The van der Waals surface area contributed by atoms with Gasteiger partial charge in [-0.2, -0.15) is 0 Å². The van der Waals surface area contributed by atoms with Crippen LogP contribution in [-0.2, 0) is 4.79 Å². The van der Waals surface area contributed by atoms with Crippen LogP contribution in [0.15, 0.2) is 90.5 Å². The number of hydrogen-bond donors (Lipinski definition) is 0. The Bertz CT molecular complexity index is 1140. The summed E-state index contributed by atoms with van der Waals surface area (Å²) in [4.78, 5) is 25.0. The predicted octanol–water partition coefficient (Wildman–Crippen LogP) is 5.21. The van der Waals surface area contributed by atoms with Gasteiger partial charge in [-0.15, -0.1) is 0 Å². The number of carbonyl (C=O) groups excluding carboxylic acids is 1. The van der Waals surface area contributed by atoms with Crippen molar-refractivity contribution < 1.29 is 14.1 Å². The molecule has 0 aromatic heterocycles. The van der Waals surface area contributed by atoms with Crippen molar-refractivity contribution in [2.24, 2.45) is 0 Å². The molecule has 142 valence electrons. The smallest absolute Gasteiger partial charge is 0.269 e. The molecule has 3 aromatic rings. The van der Waals surface area contributed by atoms with Crippen LogP contribution < -0.4 is 4.90 Å². The van der Waals surface area contributed by atoms with Crippen LogP contribution in [0.25, 0.3) is 11.8 Å². The average molecular weight is 386 g/mol. The van der Waals surface area contributed by atoms with E-state index in [4.69, 9.17) is 0 Å². The minimum atomic E-state index is -0.471. The number of rotatable bonds is 4. The van der Waals surface area contributed by atoms with E-state index in [1.165, 1.54) is 29.2 Å². The Morgan fingerprint density at radius 3 is 2.17 bits per heavy atom. The summed E-state index contributed by atoms with van der Waals surface area (Å²) in [6.45, 7) is 0. The van der Waals surface area contributed by atoms with Gasteiger partial charge in [0.2, 0.25) is 0 Å². The number of carbonyl (C=O) groups is 1. The van der Waals surface area contributed by atoms with Crippen LogP contribution in [0.4, 0.5) is 15.8 Å². The lowest BCUT2D eigenvalue weighted by molar-refractivity contribution is -0.384. The predicted molar refractivity (Wildman–Crippen MR) is 109 cm³/mol. The number of halogens is 1. The highest BCUT2D eigenvalue weighted by Gasteiger charge is 2.30. The molecule has 0 atom stereocenters. The first-order valence-corrected chi connectivity index (χ1v) is 8.86. The molecule has 4 rings (SSSR count). The first-order valence-electron chi connectivity index (χ1n) is 8.86.